The molecule has 156 valence electrons. The van der Waals surface area contributed by atoms with E-state index >= 15 is 0 Å². The van der Waals surface area contributed by atoms with E-state index in [9.17, 15) is 4.79 Å². The Morgan fingerprint density at radius 2 is 1.79 bits per heavy atom. The van der Waals surface area contributed by atoms with Gasteiger partial charge in [-0.1, -0.05) is 19.1 Å². The van der Waals surface area contributed by atoms with Crippen LogP contribution in [-0.4, -0.2) is 93.0 Å². The third kappa shape index (κ3) is 6.49. The SMILES string of the molecule is CCN1CCN(C(C)CNC(=NC)NCc2ccc(C(=O)N(C)C)cc2)CC1. The molecule has 28 heavy (non-hydrogen) atoms. The number of aliphatic imine (C=N–C) groups is 1. The summed E-state index contributed by atoms with van der Waals surface area (Å²) in [4.78, 5) is 22.9. The number of benzene rings is 1. The second-order valence-corrected chi connectivity index (χ2v) is 7.52. The van der Waals surface area contributed by atoms with E-state index in [1.807, 2.05) is 24.3 Å². The molecule has 1 atom stereocenters. The van der Waals surface area contributed by atoms with Crippen LogP contribution in [0, 0.1) is 0 Å². The lowest BCUT2D eigenvalue weighted by Gasteiger charge is -2.37. The number of rotatable bonds is 7. The third-order valence-corrected chi connectivity index (χ3v) is 5.33. The molecular formula is C21H36N6O. The molecule has 0 saturated carbocycles. The van der Waals surface area contributed by atoms with Gasteiger partial charge in [-0.3, -0.25) is 14.7 Å². The summed E-state index contributed by atoms with van der Waals surface area (Å²) >= 11 is 0. The Hall–Kier alpha value is -2.12. The summed E-state index contributed by atoms with van der Waals surface area (Å²) < 4.78 is 0. The molecule has 1 unspecified atom stereocenters. The molecule has 1 aromatic rings. The molecule has 1 aliphatic rings. The third-order valence-electron chi connectivity index (χ3n) is 5.33. The fourth-order valence-electron chi connectivity index (χ4n) is 3.32. The summed E-state index contributed by atoms with van der Waals surface area (Å²) in [7, 11) is 5.31. The molecule has 0 aromatic heterocycles. The van der Waals surface area contributed by atoms with Gasteiger partial charge in [0.25, 0.3) is 5.91 Å². The van der Waals surface area contributed by atoms with Gasteiger partial charge in [-0.25, -0.2) is 0 Å². The first-order valence-electron chi connectivity index (χ1n) is 10.2. The van der Waals surface area contributed by atoms with Gasteiger partial charge in [-0.05, 0) is 31.2 Å². The summed E-state index contributed by atoms with van der Waals surface area (Å²) in [6.07, 6.45) is 0. The molecule has 1 aromatic carbocycles. The van der Waals surface area contributed by atoms with Crippen molar-refractivity contribution >= 4 is 11.9 Å². The first-order chi connectivity index (χ1) is 13.4. The minimum Gasteiger partial charge on any atom is -0.355 e. The van der Waals surface area contributed by atoms with E-state index < -0.39 is 0 Å². The highest BCUT2D eigenvalue weighted by atomic mass is 16.2. The van der Waals surface area contributed by atoms with Gasteiger partial charge in [-0.15, -0.1) is 0 Å². The normalized spacial score (nSPS) is 17.2. The highest BCUT2D eigenvalue weighted by Crippen LogP contribution is 2.07. The number of piperazine rings is 1. The molecule has 0 spiro atoms. The van der Waals surface area contributed by atoms with Gasteiger partial charge >= 0.3 is 0 Å². The molecule has 0 bridgehead atoms. The van der Waals surface area contributed by atoms with Crippen molar-refractivity contribution in [3.8, 4) is 0 Å². The number of amides is 1. The van der Waals surface area contributed by atoms with Crippen molar-refractivity contribution in [3.63, 3.8) is 0 Å². The molecule has 7 nitrogen and oxygen atoms in total. The zero-order chi connectivity index (χ0) is 20.5. The van der Waals surface area contributed by atoms with E-state index in [4.69, 9.17) is 0 Å². The quantitative estimate of drug-likeness (QED) is 0.541. The van der Waals surface area contributed by atoms with E-state index in [2.05, 4.69) is 39.3 Å². The summed E-state index contributed by atoms with van der Waals surface area (Å²) in [6.45, 7) is 11.7. The van der Waals surface area contributed by atoms with Gasteiger partial charge in [0.2, 0.25) is 0 Å². The zero-order valence-electron chi connectivity index (χ0n) is 18.0. The number of hydrogen-bond acceptors (Lipinski definition) is 4. The van der Waals surface area contributed by atoms with Crippen molar-refractivity contribution in [2.45, 2.75) is 26.4 Å². The van der Waals surface area contributed by atoms with Crippen LogP contribution < -0.4 is 10.6 Å². The fourth-order valence-corrected chi connectivity index (χ4v) is 3.32. The topological polar surface area (TPSA) is 63.2 Å². The molecule has 1 fully saturated rings. The van der Waals surface area contributed by atoms with Gasteiger partial charge in [0.1, 0.15) is 0 Å². The lowest BCUT2D eigenvalue weighted by molar-refractivity contribution is 0.0827. The van der Waals surface area contributed by atoms with Crippen LogP contribution in [-0.2, 0) is 6.54 Å². The minimum absolute atomic E-state index is 0.0192. The molecule has 1 amide bonds. The van der Waals surface area contributed by atoms with Crippen molar-refractivity contribution in [2.75, 3.05) is 60.4 Å². The van der Waals surface area contributed by atoms with Crippen LogP contribution in [0.5, 0.6) is 0 Å². The van der Waals surface area contributed by atoms with E-state index in [1.54, 1.807) is 26.0 Å². The van der Waals surface area contributed by atoms with E-state index in [-0.39, 0.29) is 5.91 Å². The standard InChI is InChI=1S/C21H36N6O/c1-6-26-11-13-27(14-12-26)17(2)15-23-21(22-3)24-16-18-7-9-19(10-8-18)20(28)25(4)5/h7-10,17H,6,11-16H2,1-5H3,(H2,22,23,24). The Bertz CT molecular complexity index is 635. The van der Waals surface area contributed by atoms with Gasteiger partial charge in [0.05, 0.1) is 0 Å². The zero-order valence-corrected chi connectivity index (χ0v) is 18.0. The van der Waals surface area contributed by atoms with Gasteiger partial charge in [0.15, 0.2) is 5.96 Å². The molecular weight excluding hydrogens is 352 g/mol. The monoisotopic (exact) mass is 388 g/mol. The summed E-state index contributed by atoms with van der Waals surface area (Å²) in [6, 6.07) is 8.16. The average molecular weight is 389 g/mol. The minimum atomic E-state index is 0.0192. The maximum Gasteiger partial charge on any atom is 0.253 e. The van der Waals surface area contributed by atoms with E-state index in [0.29, 0.717) is 18.2 Å². The Balaban J connectivity index is 1.76. The Morgan fingerprint density at radius 3 is 2.32 bits per heavy atom. The van der Waals surface area contributed by atoms with E-state index in [1.165, 1.54) is 0 Å². The summed E-state index contributed by atoms with van der Waals surface area (Å²) in [5.41, 5.74) is 1.82. The fraction of sp³-hybridized carbons (Fsp3) is 0.619. The largest absolute Gasteiger partial charge is 0.355 e. The summed E-state index contributed by atoms with van der Waals surface area (Å²) in [5.74, 6) is 0.818. The number of nitrogens with zero attached hydrogens (tertiary/aromatic N) is 4. The predicted octanol–water partition coefficient (Wildman–Crippen LogP) is 1.08. The van der Waals surface area contributed by atoms with Crippen LogP contribution in [0.25, 0.3) is 0 Å². The van der Waals surface area contributed by atoms with Crippen LogP contribution >= 0.6 is 0 Å². The maximum atomic E-state index is 12.0. The van der Waals surface area contributed by atoms with Gasteiger partial charge < -0.3 is 20.4 Å². The molecule has 0 aliphatic carbocycles. The lowest BCUT2D eigenvalue weighted by atomic mass is 10.1. The maximum absolute atomic E-state index is 12.0. The van der Waals surface area contributed by atoms with Crippen molar-refractivity contribution in [2.24, 2.45) is 4.99 Å². The summed E-state index contributed by atoms with van der Waals surface area (Å²) in [5, 5.41) is 6.78. The molecule has 1 heterocycles. The number of hydrogen-bond donors (Lipinski definition) is 2. The number of carbonyl (C=O) groups is 1. The smallest absolute Gasteiger partial charge is 0.253 e. The second kappa shape index (κ2) is 11.0. The van der Waals surface area contributed by atoms with Crippen molar-refractivity contribution < 1.29 is 4.79 Å². The van der Waals surface area contributed by atoms with Crippen molar-refractivity contribution in [3.05, 3.63) is 35.4 Å². The Kier molecular flexibility index (Phi) is 8.73. The Morgan fingerprint density at radius 1 is 1.14 bits per heavy atom. The first kappa shape index (κ1) is 22.2. The number of likely N-dealkylation sites (N-methyl/N-ethyl adjacent to an activating group) is 1. The average Bonchev–Trinajstić information content (AvgIpc) is 2.73. The van der Waals surface area contributed by atoms with Crippen LogP contribution in [0.4, 0.5) is 0 Å². The van der Waals surface area contributed by atoms with Crippen molar-refractivity contribution in [1.29, 1.82) is 0 Å². The lowest BCUT2D eigenvalue weighted by Crippen LogP contribution is -2.53. The Labute approximate surface area is 169 Å². The first-order valence-corrected chi connectivity index (χ1v) is 10.2. The van der Waals surface area contributed by atoms with Gasteiger partial charge in [-0.2, -0.15) is 0 Å². The van der Waals surface area contributed by atoms with Crippen LogP contribution in [0.1, 0.15) is 29.8 Å². The number of nitrogens with one attached hydrogen (secondary N) is 2. The molecule has 2 rings (SSSR count). The van der Waals surface area contributed by atoms with Crippen LogP contribution in [0.3, 0.4) is 0 Å². The van der Waals surface area contributed by atoms with Crippen molar-refractivity contribution in [1.82, 2.24) is 25.3 Å². The predicted molar refractivity (Wildman–Crippen MR) is 116 cm³/mol. The molecule has 7 heteroatoms. The van der Waals surface area contributed by atoms with Crippen LogP contribution in [0.15, 0.2) is 29.3 Å². The van der Waals surface area contributed by atoms with Crippen LogP contribution in [0.2, 0.25) is 0 Å². The highest BCUT2D eigenvalue weighted by molar-refractivity contribution is 5.93. The molecule has 1 saturated heterocycles. The van der Waals surface area contributed by atoms with Gasteiger partial charge in [0, 0.05) is 72.0 Å². The highest BCUT2D eigenvalue weighted by Gasteiger charge is 2.20. The second-order valence-electron chi connectivity index (χ2n) is 7.52. The number of carbonyl (C=O) groups excluding carboxylic acids is 1. The molecule has 2 N–H and O–H groups in total. The number of guanidine groups is 1. The van der Waals surface area contributed by atoms with E-state index in [0.717, 1.165) is 50.8 Å². The molecule has 0 radical (unpaired) electrons. The molecule has 1 aliphatic heterocycles.